The number of unbranched alkanes of at least 4 members (excludes halogenated alkanes) is 8. The van der Waals surface area contributed by atoms with Crippen LogP contribution in [0.25, 0.3) is 0 Å². The van der Waals surface area contributed by atoms with E-state index in [0.717, 1.165) is 5.92 Å². The number of hydrogen-bond donors (Lipinski definition) is 1. The molecule has 0 spiro atoms. The fourth-order valence-electron chi connectivity index (χ4n) is 2.89. The minimum Gasteiger partial charge on any atom is -0.396 e. The monoisotopic (exact) mass is 296 g/mol. The molecule has 0 saturated carbocycles. The third-order valence-electron chi connectivity index (χ3n) is 4.56. The first-order chi connectivity index (χ1) is 10.2. The van der Waals surface area contributed by atoms with Crippen LogP contribution in [0.3, 0.4) is 0 Å². The van der Waals surface area contributed by atoms with Gasteiger partial charge in [-0.25, -0.2) is 0 Å². The molecular formula is C20H40O. The van der Waals surface area contributed by atoms with E-state index in [1.54, 1.807) is 0 Å². The molecule has 0 rings (SSSR count). The van der Waals surface area contributed by atoms with Crippen molar-refractivity contribution in [3.05, 3.63) is 12.7 Å². The van der Waals surface area contributed by atoms with Gasteiger partial charge in [-0.2, -0.15) is 0 Å². The highest BCUT2D eigenvalue weighted by molar-refractivity contribution is 4.65. The van der Waals surface area contributed by atoms with Crippen molar-refractivity contribution in [1.82, 2.24) is 0 Å². The Hall–Kier alpha value is -0.300. The van der Waals surface area contributed by atoms with Crippen LogP contribution in [-0.2, 0) is 0 Å². The van der Waals surface area contributed by atoms with Gasteiger partial charge in [0, 0.05) is 6.61 Å². The first-order valence-electron chi connectivity index (χ1n) is 9.42. The average Bonchev–Trinajstić information content (AvgIpc) is 2.49. The molecule has 0 aromatic carbocycles. The zero-order valence-corrected chi connectivity index (χ0v) is 14.8. The molecule has 0 heterocycles. The number of aliphatic hydroxyl groups excluding tert-OH is 1. The minimum absolute atomic E-state index is 0.349. The largest absolute Gasteiger partial charge is 0.396 e. The van der Waals surface area contributed by atoms with Gasteiger partial charge in [-0.3, -0.25) is 0 Å². The number of allylic oxidation sites excluding steroid dienone is 1. The normalized spacial score (nSPS) is 14.0. The maximum Gasteiger partial charge on any atom is 0.0456 e. The van der Waals surface area contributed by atoms with Gasteiger partial charge in [0.1, 0.15) is 0 Å². The Morgan fingerprint density at radius 3 is 1.76 bits per heavy atom. The van der Waals surface area contributed by atoms with Gasteiger partial charge in [-0.05, 0) is 31.1 Å². The van der Waals surface area contributed by atoms with Gasteiger partial charge in [-0.1, -0.05) is 84.1 Å². The van der Waals surface area contributed by atoms with E-state index in [1.807, 2.05) is 6.08 Å². The van der Waals surface area contributed by atoms with E-state index < -0.39 is 0 Å². The fourth-order valence-corrected chi connectivity index (χ4v) is 2.89. The van der Waals surface area contributed by atoms with Crippen molar-refractivity contribution in [3.8, 4) is 0 Å². The number of aliphatic hydroxyl groups is 1. The van der Waals surface area contributed by atoms with Gasteiger partial charge in [0.15, 0.2) is 0 Å². The summed E-state index contributed by atoms with van der Waals surface area (Å²) in [6.45, 7) is 8.64. The molecule has 0 radical (unpaired) electrons. The summed E-state index contributed by atoms with van der Waals surface area (Å²) in [4.78, 5) is 0. The summed E-state index contributed by atoms with van der Waals surface area (Å²) in [7, 11) is 0. The Morgan fingerprint density at radius 2 is 1.19 bits per heavy atom. The SMILES string of the molecule is C=CCCCCCCCCCC[C@@H](C)CCC[C@H](C)CO. The second kappa shape index (κ2) is 16.1. The van der Waals surface area contributed by atoms with Crippen molar-refractivity contribution < 1.29 is 5.11 Å². The van der Waals surface area contributed by atoms with Crippen LogP contribution >= 0.6 is 0 Å². The van der Waals surface area contributed by atoms with E-state index >= 15 is 0 Å². The highest BCUT2D eigenvalue weighted by atomic mass is 16.3. The molecule has 21 heavy (non-hydrogen) atoms. The third-order valence-corrected chi connectivity index (χ3v) is 4.56. The highest BCUT2D eigenvalue weighted by Gasteiger charge is 2.04. The van der Waals surface area contributed by atoms with Crippen LogP contribution in [0.1, 0.15) is 97.3 Å². The van der Waals surface area contributed by atoms with Gasteiger partial charge in [-0.15, -0.1) is 6.58 Å². The highest BCUT2D eigenvalue weighted by Crippen LogP contribution is 2.19. The second-order valence-corrected chi connectivity index (χ2v) is 7.02. The maximum atomic E-state index is 9.00. The molecule has 1 heteroatoms. The molecule has 0 fully saturated rings. The lowest BCUT2D eigenvalue weighted by molar-refractivity contribution is 0.225. The van der Waals surface area contributed by atoms with Crippen LogP contribution in [-0.4, -0.2) is 11.7 Å². The molecule has 0 unspecified atom stereocenters. The molecule has 1 nitrogen and oxygen atoms in total. The van der Waals surface area contributed by atoms with Crippen LogP contribution < -0.4 is 0 Å². The van der Waals surface area contributed by atoms with E-state index in [-0.39, 0.29) is 0 Å². The van der Waals surface area contributed by atoms with Gasteiger partial charge in [0.25, 0.3) is 0 Å². The summed E-state index contributed by atoms with van der Waals surface area (Å²) in [5.41, 5.74) is 0. The lowest BCUT2D eigenvalue weighted by Gasteiger charge is -2.12. The molecule has 0 bridgehead atoms. The molecule has 0 saturated heterocycles. The van der Waals surface area contributed by atoms with Gasteiger partial charge in [0.05, 0.1) is 0 Å². The Bertz CT molecular complexity index is 212. The van der Waals surface area contributed by atoms with Crippen LogP contribution in [0.5, 0.6) is 0 Å². The molecule has 1 N–H and O–H groups in total. The summed E-state index contributed by atoms with van der Waals surface area (Å²) in [6.07, 6.45) is 19.7. The van der Waals surface area contributed by atoms with Gasteiger partial charge < -0.3 is 5.11 Å². The summed E-state index contributed by atoms with van der Waals surface area (Å²) in [5, 5.41) is 9.00. The fraction of sp³-hybridized carbons (Fsp3) is 0.900. The Balaban J connectivity index is 3.17. The van der Waals surface area contributed by atoms with Crippen molar-refractivity contribution >= 4 is 0 Å². The molecule has 0 aliphatic heterocycles. The first kappa shape index (κ1) is 20.7. The van der Waals surface area contributed by atoms with Crippen molar-refractivity contribution in [1.29, 1.82) is 0 Å². The molecule has 0 aromatic heterocycles. The van der Waals surface area contributed by atoms with E-state index in [4.69, 9.17) is 5.11 Å². The standard InChI is InChI=1S/C20H40O/c1-4-5-6-7-8-9-10-11-12-13-15-19(2)16-14-17-20(3)18-21/h4,19-21H,1,5-18H2,2-3H3/t19-,20+/m1/s1. The first-order valence-corrected chi connectivity index (χ1v) is 9.42. The Kier molecular flexibility index (Phi) is 15.8. The zero-order chi connectivity index (χ0) is 15.8. The van der Waals surface area contributed by atoms with Crippen LogP contribution in [0.4, 0.5) is 0 Å². The smallest absolute Gasteiger partial charge is 0.0456 e. The number of rotatable bonds is 16. The molecule has 2 atom stereocenters. The molecule has 0 aliphatic rings. The van der Waals surface area contributed by atoms with Crippen LogP contribution in [0, 0.1) is 11.8 Å². The Morgan fingerprint density at radius 1 is 0.714 bits per heavy atom. The topological polar surface area (TPSA) is 20.2 Å². The summed E-state index contributed by atoms with van der Waals surface area (Å²) in [6, 6.07) is 0. The van der Waals surface area contributed by atoms with Gasteiger partial charge in [0.2, 0.25) is 0 Å². The van der Waals surface area contributed by atoms with Crippen LogP contribution in [0.15, 0.2) is 12.7 Å². The molecule has 126 valence electrons. The van der Waals surface area contributed by atoms with E-state index in [9.17, 15) is 0 Å². The summed E-state index contributed by atoms with van der Waals surface area (Å²) >= 11 is 0. The van der Waals surface area contributed by atoms with Gasteiger partial charge >= 0.3 is 0 Å². The number of hydrogen-bond acceptors (Lipinski definition) is 1. The maximum absolute atomic E-state index is 9.00. The second-order valence-electron chi connectivity index (χ2n) is 7.02. The van der Waals surface area contributed by atoms with E-state index in [1.165, 1.54) is 83.5 Å². The van der Waals surface area contributed by atoms with E-state index in [0.29, 0.717) is 12.5 Å². The summed E-state index contributed by atoms with van der Waals surface area (Å²) in [5.74, 6) is 1.36. The predicted molar refractivity (Wildman–Crippen MR) is 95.6 cm³/mol. The minimum atomic E-state index is 0.349. The lowest BCUT2D eigenvalue weighted by Crippen LogP contribution is -2.02. The van der Waals surface area contributed by atoms with Crippen molar-refractivity contribution in [2.75, 3.05) is 6.61 Å². The molecule has 0 amide bonds. The summed E-state index contributed by atoms with van der Waals surface area (Å²) < 4.78 is 0. The third kappa shape index (κ3) is 15.9. The Labute approximate surface area is 134 Å². The molecule has 0 aliphatic carbocycles. The lowest BCUT2D eigenvalue weighted by atomic mass is 9.94. The van der Waals surface area contributed by atoms with E-state index in [2.05, 4.69) is 20.4 Å². The average molecular weight is 297 g/mol. The molecule has 0 aromatic rings. The van der Waals surface area contributed by atoms with Crippen LogP contribution in [0.2, 0.25) is 0 Å². The quantitative estimate of drug-likeness (QED) is 0.254. The van der Waals surface area contributed by atoms with Crippen molar-refractivity contribution in [2.45, 2.75) is 97.3 Å². The zero-order valence-electron chi connectivity index (χ0n) is 14.8. The predicted octanol–water partition coefficient (Wildman–Crippen LogP) is 6.51. The van der Waals surface area contributed by atoms with Crippen molar-refractivity contribution in [3.63, 3.8) is 0 Å². The molecular weight excluding hydrogens is 256 g/mol. The van der Waals surface area contributed by atoms with Crippen molar-refractivity contribution in [2.24, 2.45) is 11.8 Å².